The van der Waals surface area contributed by atoms with E-state index in [1.54, 1.807) is 4.90 Å². The van der Waals surface area contributed by atoms with Gasteiger partial charge in [0.05, 0.1) is 11.9 Å². The van der Waals surface area contributed by atoms with E-state index in [-0.39, 0.29) is 5.91 Å². The van der Waals surface area contributed by atoms with Crippen LogP contribution in [0.25, 0.3) is 0 Å². The third-order valence-electron chi connectivity index (χ3n) is 2.58. The van der Waals surface area contributed by atoms with Gasteiger partial charge in [0.15, 0.2) is 0 Å². The Morgan fingerprint density at radius 1 is 1.47 bits per heavy atom. The molecule has 3 N–H and O–H groups in total. The molecule has 0 saturated heterocycles. The normalized spacial score (nSPS) is 10.8. The van der Waals surface area contributed by atoms with Crippen LogP contribution < -0.4 is 5.73 Å². The lowest BCUT2D eigenvalue weighted by Gasteiger charge is -2.21. The van der Waals surface area contributed by atoms with Gasteiger partial charge in [0, 0.05) is 13.1 Å². The fourth-order valence-corrected chi connectivity index (χ4v) is 1.61. The lowest BCUT2D eigenvalue weighted by atomic mass is 10.3. The summed E-state index contributed by atoms with van der Waals surface area (Å²) in [7, 11) is 4.04. The van der Waals surface area contributed by atoms with E-state index in [1.165, 1.54) is 6.20 Å². The van der Waals surface area contributed by atoms with Crippen LogP contribution in [0.2, 0.25) is 0 Å². The second-order valence-corrected chi connectivity index (χ2v) is 4.24. The van der Waals surface area contributed by atoms with E-state index in [4.69, 9.17) is 5.73 Å². The zero-order valence-electron chi connectivity index (χ0n) is 10.7. The van der Waals surface area contributed by atoms with Crippen LogP contribution in [-0.2, 0) is 0 Å². The van der Waals surface area contributed by atoms with Crippen LogP contribution in [-0.4, -0.2) is 59.6 Å². The smallest absolute Gasteiger partial charge is 0.274 e. The first-order chi connectivity index (χ1) is 8.06. The van der Waals surface area contributed by atoms with Gasteiger partial charge in [-0.05, 0) is 34.0 Å². The lowest BCUT2D eigenvalue weighted by Crippen LogP contribution is -2.33. The predicted octanol–water partition coefficient (Wildman–Crippen LogP) is 0.406. The van der Waals surface area contributed by atoms with Crippen molar-refractivity contribution in [2.45, 2.75) is 13.3 Å². The van der Waals surface area contributed by atoms with Gasteiger partial charge in [0.1, 0.15) is 5.69 Å². The Morgan fingerprint density at radius 2 is 2.18 bits per heavy atom. The summed E-state index contributed by atoms with van der Waals surface area (Å²) >= 11 is 0. The molecule has 6 nitrogen and oxygen atoms in total. The summed E-state index contributed by atoms with van der Waals surface area (Å²) in [5.74, 6) is -0.0822. The van der Waals surface area contributed by atoms with E-state index in [1.807, 2.05) is 21.0 Å². The summed E-state index contributed by atoms with van der Waals surface area (Å²) in [4.78, 5) is 16.0. The molecule has 0 fully saturated rings. The monoisotopic (exact) mass is 239 g/mol. The number of carbonyl (C=O) groups excluding carboxylic acids is 1. The van der Waals surface area contributed by atoms with Crippen molar-refractivity contribution in [2.75, 3.05) is 39.5 Å². The molecule has 6 heteroatoms. The number of carbonyl (C=O) groups is 1. The highest BCUT2D eigenvalue weighted by atomic mass is 16.2. The second kappa shape index (κ2) is 6.24. The summed E-state index contributed by atoms with van der Waals surface area (Å²) in [6.07, 6.45) is 2.40. The number of aromatic nitrogens is 2. The maximum atomic E-state index is 12.1. The quantitative estimate of drug-likeness (QED) is 0.753. The first kappa shape index (κ1) is 13.5. The summed E-state index contributed by atoms with van der Waals surface area (Å²) in [6.45, 7) is 4.32. The Hall–Kier alpha value is -1.56. The molecular formula is C11H21N5O. The number of nitrogens with zero attached hydrogens (tertiary/aromatic N) is 3. The number of amides is 1. The number of nitrogen functional groups attached to an aromatic ring is 1. The van der Waals surface area contributed by atoms with Gasteiger partial charge >= 0.3 is 0 Å². The van der Waals surface area contributed by atoms with Gasteiger partial charge in [0.25, 0.3) is 5.91 Å². The minimum absolute atomic E-state index is 0.0822. The van der Waals surface area contributed by atoms with E-state index in [0.717, 1.165) is 19.5 Å². The molecule has 1 rings (SSSR count). The van der Waals surface area contributed by atoms with Crippen molar-refractivity contribution < 1.29 is 4.79 Å². The van der Waals surface area contributed by atoms with Gasteiger partial charge in [-0.15, -0.1) is 0 Å². The number of aromatic amines is 1. The van der Waals surface area contributed by atoms with Crippen LogP contribution in [0.4, 0.5) is 5.69 Å². The van der Waals surface area contributed by atoms with Gasteiger partial charge in [-0.1, -0.05) is 0 Å². The molecule has 1 heterocycles. The number of nitrogens with one attached hydrogen (secondary N) is 1. The van der Waals surface area contributed by atoms with Crippen molar-refractivity contribution in [3.63, 3.8) is 0 Å². The van der Waals surface area contributed by atoms with Crippen molar-refractivity contribution in [3.05, 3.63) is 11.9 Å². The lowest BCUT2D eigenvalue weighted by molar-refractivity contribution is 0.0754. The van der Waals surface area contributed by atoms with Crippen LogP contribution >= 0.6 is 0 Å². The molecule has 17 heavy (non-hydrogen) atoms. The average molecular weight is 239 g/mol. The third kappa shape index (κ3) is 3.74. The Labute approximate surface area is 102 Å². The van der Waals surface area contributed by atoms with Gasteiger partial charge in [-0.2, -0.15) is 5.10 Å². The van der Waals surface area contributed by atoms with Crippen molar-refractivity contribution in [2.24, 2.45) is 0 Å². The molecule has 0 radical (unpaired) electrons. The molecule has 0 saturated carbocycles. The van der Waals surface area contributed by atoms with Crippen molar-refractivity contribution in [1.82, 2.24) is 20.0 Å². The predicted molar refractivity (Wildman–Crippen MR) is 67.7 cm³/mol. The Morgan fingerprint density at radius 3 is 2.65 bits per heavy atom. The first-order valence-electron chi connectivity index (χ1n) is 5.79. The van der Waals surface area contributed by atoms with Gasteiger partial charge in [-0.25, -0.2) is 0 Å². The SMILES string of the molecule is CCN(CCCN(C)C)C(=O)c1[nH]ncc1N. The molecule has 1 aromatic rings. The van der Waals surface area contributed by atoms with Gasteiger partial charge in [0.2, 0.25) is 0 Å². The van der Waals surface area contributed by atoms with Crippen molar-refractivity contribution >= 4 is 11.6 Å². The van der Waals surface area contributed by atoms with Crippen LogP contribution in [0.15, 0.2) is 6.20 Å². The molecule has 0 unspecified atom stereocenters. The highest BCUT2D eigenvalue weighted by Gasteiger charge is 2.17. The van der Waals surface area contributed by atoms with Gasteiger partial charge < -0.3 is 15.5 Å². The summed E-state index contributed by atoms with van der Waals surface area (Å²) < 4.78 is 0. The molecule has 1 amide bonds. The molecule has 0 spiro atoms. The van der Waals surface area contributed by atoms with Crippen LogP contribution in [0.3, 0.4) is 0 Å². The van der Waals surface area contributed by atoms with E-state index in [0.29, 0.717) is 17.9 Å². The van der Waals surface area contributed by atoms with E-state index < -0.39 is 0 Å². The summed E-state index contributed by atoms with van der Waals surface area (Å²) in [6, 6.07) is 0. The molecule has 0 aliphatic heterocycles. The largest absolute Gasteiger partial charge is 0.396 e. The Bertz CT molecular complexity index is 360. The minimum atomic E-state index is -0.0822. The minimum Gasteiger partial charge on any atom is -0.396 e. The number of hydrogen-bond acceptors (Lipinski definition) is 4. The second-order valence-electron chi connectivity index (χ2n) is 4.24. The molecule has 0 atom stereocenters. The fraction of sp³-hybridized carbons (Fsp3) is 0.636. The highest BCUT2D eigenvalue weighted by Crippen LogP contribution is 2.10. The van der Waals surface area contributed by atoms with Crippen LogP contribution in [0.5, 0.6) is 0 Å². The summed E-state index contributed by atoms with van der Waals surface area (Å²) in [5.41, 5.74) is 6.45. The van der Waals surface area contributed by atoms with Crippen LogP contribution in [0.1, 0.15) is 23.8 Å². The first-order valence-corrected chi connectivity index (χ1v) is 5.79. The number of H-pyrrole nitrogens is 1. The highest BCUT2D eigenvalue weighted by molar-refractivity contribution is 5.96. The number of nitrogens with two attached hydrogens (primary N) is 1. The standard InChI is InChI=1S/C11H21N5O/c1-4-16(7-5-6-15(2)3)11(17)10-9(12)8-13-14-10/h8H,4-7,12H2,1-3H3,(H,13,14). The third-order valence-corrected chi connectivity index (χ3v) is 2.58. The molecule has 0 aliphatic rings. The summed E-state index contributed by atoms with van der Waals surface area (Å²) in [5, 5.41) is 6.40. The Kier molecular flexibility index (Phi) is 4.96. The molecule has 1 aromatic heterocycles. The van der Waals surface area contributed by atoms with Crippen molar-refractivity contribution in [1.29, 1.82) is 0 Å². The number of anilines is 1. The molecule has 0 bridgehead atoms. The zero-order valence-corrected chi connectivity index (χ0v) is 10.7. The Balaban J connectivity index is 2.56. The van der Waals surface area contributed by atoms with Crippen molar-refractivity contribution in [3.8, 4) is 0 Å². The molecule has 0 aliphatic carbocycles. The fourth-order valence-electron chi connectivity index (χ4n) is 1.61. The van der Waals surface area contributed by atoms with E-state index >= 15 is 0 Å². The maximum Gasteiger partial charge on any atom is 0.274 e. The van der Waals surface area contributed by atoms with Crippen LogP contribution in [0, 0.1) is 0 Å². The topological polar surface area (TPSA) is 78.2 Å². The van der Waals surface area contributed by atoms with E-state index in [9.17, 15) is 4.79 Å². The maximum absolute atomic E-state index is 12.1. The van der Waals surface area contributed by atoms with Gasteiger partial charge in [-0.3, -0.25) is 9.89 Å². The number of rotatable bonds is 6. The zero-order chi connectivity index (χ0) is 12.8. The van der Waals surface area contributed by atoms with E-state index in [2.05, 4.69) is 15.1 Å². The number of hydrogen-bond donors (Lipinski definition) is 2. The molecule has 0 aromatic carbocycles. The molecular weight excluding hydrogens is 218 g/mol. The average Bonchev–Trinajstić information content (AvgIpc) is 2.69. The molecule has 96 valence electrons.